The highest BCUT2D eigenvalue weighted by Gasteiger charge is 2.06. The van der Waals surface area contributed by atoms with Crippen molar-refractivity contribution in [2.24, 2.45) is 0 Å². The van der Waals surface area contributed by atoms with Crippen LogP contribution in [-0.4, -0.2) is 22.0 Å². The van der Waals surface area contributed by atoms with Gasteiger partial charge in [-0.15, -0.1) is 11.3 Å². The molecule has 1 heterocycles. The number of carboxylic acid groups (broad SMARTS) is 1. The lowest BCUT2D eigenvalue weighted by atomic mass is 10.2. The Morgan fingerprint density at radius 3 is 2.82 bits per heavy atom. The highest BCUT2D eigenvalue weighted by molar-refractivity contribution is 7.13. The number of carbonyl (C=O) groups is 2. The van der Waals surface area contributed by atoms with Crippen molar-refractivity contribution in [3.8, 4) is 0 Å². The van der Waals surface area contributed by atoms with Crippen molar-refractivity contribution in [2.45, 2.75) is 26.7 Å². The second-order valence-corrected chi connectivity index (χ2v) is 4.61. The number of carboxylic acids is 1. The molecule has 0 radical (unpaired) electrons. The Morgan fingerprint density at radius 2 is 2.24 bits per heavy atom. The molecule has 0 aliphatic heterocycles. The van der Waals surface area contributed by atoms with Crippen LogP contribution in [0, 0.1) is 0 Å². The Labute approximate surface area is 103 Å². The van der Waals surface area contributed by atoms with Crippen LogP contribution in [0.1, 0.15) is 26.0 Å². The molecule has 92 valence electrons. The number of aliphatic carboxylic acids is 1. The van der Waals surface area contributed by atoms with Crippen molar-refractivity contribution in [3.05, 3.63) is 22.7 Å². The van der Waals surface area contributed by atoms with Gasteiger partial charge in [-0.2, -0.15) is 0 Å². The molecule has 1 aromatic rings. The summed E-state index contributed by atoms with van der Waals surface area (Å²) in [5.74, 6) is -1.07. The van der Waals surface area contributed by atoms with Gasteiger partial charge in [-0.25, -0.2) is 4.98 Å². The van der Waals surface area contributed by atoms with Gasteiger partial charge >= 0.3 is 5.97 Å². The molecule has 1 rings (SSSR count). The number of nitrogens with one attached hydrogen (secondary N) is 1. The molecular formula is C11H14N2O3S. The van der Waals surface area contributed by atoms with Crippen LogP contribution in [0.15, 0.2) is 17.0 Å². The molecule has 1 amide bonds. The van der Waals surface area contributed by atoms with Crippen LogP contribution in [0.3, 0.4) is 0 Å². The molecule has 0 spiro atoms. The molecule has 0 aliphatic carbocycles. The predicted octanol–water partition coefficient (Wildman–Crippen LogP) is 2.06. The first-order valence-corrected chi connectivity index (χ1v) is 5.97. The first-order valence-electron chi connectivity index (χ1n) is 5.09. The number of allylic oxidation sites excluding steroid dienone is 1. The van der Waals surface area contributed by atoms with Crippen LogP contribution in [0.5, 0.6) is 0 Å². The zero-order chi connectivity index (χ0) is 12.8. The summed E-state index contributed by atoms with van der Waals surface area (Å²) in [6, 6.07) is 0. The highest BCUT2D eigenvalue weighted by atomic mass is 32.1. The lowest BCUT2D eigenvalue weighted by Crippen LogP contribution is -2.08. The van der Waals surface area contributed by atoms with E-state index < -0.39 is 5.97 Å². The third-order valence-electron chi connectivity index (χ3n) is 1.80. The van der Waals surface area contributed by atoms with Crippen LogP contribution >= 0.6 is 11.3 Å². The summed E-state index contributed by atoms with van der Waals surface area (Å²) >= 11 is 1.29. The summed E-state index contributed by atoms with van der Waals surface area (Å²) in [6.45, 7) is 3.67. The monoisotopic (exact) mass is 254 g/mol. The van der Waals surface area contributed by atoms with Gasteiger partial charge in [-0.1, -0.05) is 5.57 Å². The highest BCUT2D eigenvalue weighted by Crippen LogP contribution is 2.16. The fraction of sp³-hybridized carbons (Fsp3) is 0.364. The van der Waals surface area contributed by atoms with Crippen molar-refractivity contribution in [1.82, 2.24) is 4.98 Å². The van der Waals surface area contributed by atoms with Crippen molar-refractivity contribution in [1.29, 1.82) is 0 Å². The molecule has 0 aromatic carbocycles. The molecule has 0 saturated carbocycles. The second kappa shape index (κ2) is 6.15. The summed E-state index contributed by atoms with van der Waals surface area (Å²) in [5.41, 5.74) is 1.59. The molecule has 0 saturated heterocycles. The Hall–Kier alpha value is -1.69. The number of aryl methyl sites for hydroxylation is 1. The van der Waals surface area contributed by atoms with E-state index in [2.05, 4.69) is 10.3 Å². The molecule has 17 heavy (non-hydrogen) atoms. The van der Waals surface area contributed by atoms with E-state index in [-0.39, 0.29) is 12.3 Å². The molecule has 6 heteroatoms. The number of hydrogen-bond donors (Lipinski definition) is 2. The van der Waals surface area contributed by atoms with Gasteiger partial charge in [0.25, 0.3) is 0 Å². The Kier molecular flexibility index (Phi) is 4.84. The van der Waals surface area contributed by atoms with Crippen molar-refractivity contribution >= 4 is 28.3 Å². The van der Waals surface area contributed by atoms with Gasteiger partial charge in [0.15, 0.2) is 5.13 Å². The zero-order valence-electron chi connectivity index (χ0n) is 9.69. The molecule has 1 aromatic heterocycles. The minimum Gasteiger partial charge on any atom is -0.481 e. The summed E-state index contributed by atoms with van der Waals surface area (Å²) in [4.78, 5) is 25.9. The SMILES string of the molecule is CC(C)=CC(=O)Nc1nc(CCC(=O)O)cs1. The topological polar surface area (TPSA) is 79.3 Å². The van der Waals surface area contributed by atoms with Gasteiger partial charge in [0, 0.05) is 17.9 Å². The van der Waals surface area contributed by atoms with Crippen molar-refractivity contribution in [2.75, 3.05) is 5.32 Å². The number of carbonyl (C=O) groups excluding carboxylic acids is 1. The number of hydrogen-bond acceptors (Lipinski definition) is 4. The lowest BCUT2D eigenvalue weighted by Gasteiger charge is -1.96. The van der Waals surface area contributed by atoms with E-state index >= 15 is 0 Å². The summed E-state index contributed by atoms with van der Waals surface area (Å²) in [5, 5.41) is 13.4. The molecule has 0 unspecified atom stereocenters. The van der Waals surface area contributed by atoms with Crippen LogP contribution in [0.4, 0.5) is 5.13 Å². The van der Waals surface area contributed by atoms with E-state index in [1.165, 1.54) is 17.4 Å². The maximum absolute atomic E-state index is 11.4. The smallest absolute Gasteiger partial charge is 0.303 e. The molecule has 0 aliphatic rings. The molecule has 0 bridgehead atoms. The van der Waals surface area contributed by atoms with Gasteiger partial charge in [0.1, 0.15) is 0 Å². The van der Waals surface area contributed by atoms with E-state index in [9.17, 15) is 9.59 Å². The lowest BCUT2D eigenvalue weighted by molar-refractivity contribution is -0.137. The van der Waals surface area contributed by atoms with Crippen LogP contribution < -0.4 is 5.32 Å². The van der Waals surface area contributed by atoms with Crippen LogP contribution in [0.2, 0.25) is 0 Å². The Balaban J connectivity index is 2.54. The van der Waals surface area contributed by atoms with E-state index in [0.717, 1.165) is 5.57 Å². The van der Waals surface area contributed by atoms with Crippen LogP contribution in [0.25, 0.3) is 0 Å². The van der Waals surface area contributed by atoms with Crippen molar-refractivity contribution < 1.29 is 14.7 Å². The van der Waals surface area contributed by atoms with Crippen molar-refractivity contribution in [3.63, 3.8) is 0 Å². The molecule has 0 fully saturated rings. The molecular weight excluding hydrogens is 240 g/mol. The number of rotatable bonds is 5. The molecule has 2 N–H and O–H groups in total. The minimum atomic E-state index is -0.854. The maximum atomic E-state index is 11.4. The Bertz CT molecular complexity index is 447. The average molecular weight is 254 g/mol. The number of anilines is 1. The van der Waals surface area contributed by atoms with Crippen LogP contribution in [-0.2, 0) is 16.0 Å². The first kappa shape index (κ1) is 13.4. The third kappa shape index (κ3) is 5.26. The predicted molar refractivity (Wildman–Crippen MR) is 66.1 cm³/mol. The fourth-order valence-electron chi connectivity index (χ4n) is 1.12. The first-order chi connectivity index (χ1) is 7.97. The number of amides is 1. The normalized spacial score (nSPS) is 9.76. The number of aromatic nitrogens is 1. The maximum Gasteiger partial charge on any atom is 0.303 e. The largest absolute Gasteiger partial charge is 0.481 e. The molecule has 0 atom stereocenters. The van der Waals surface area contributed by atoms with Gasteiger partial charge in [0.05, 0.1) is 12.1 Å². The van der Waals surface area contributed by atoms with Gasteiger partial charge in [-0.05, 0) is 13.8 Å². The second-order valence-electron chi connectivity index (χ2n) is 3.75. The quantitative estimate of drug-likeness (QED) is 0.788. The summed E-state index contributed by atoms with van der Waals surface area (Å²) in [7, 11) is 0. The van der Waals surface area contributed by atoms with Gasteiger partial charge < -0.3 is 5.11 Å². The van der Waals surface area contributed by atoms with Gasteiger partial charge in [0.2, 0.25) is 5.91 Å². The Morgan fingerprint density at radius 1 is 1.53 bits per heavy atom. The number of thiazole rings is 1. The summed E-state index contributed by atoms with van der Waals surface area (Å²) in [6.07, 6.45) is 1.91. The zero-order valence-corrected chi connectivity index (χ0v) is 10.5. The minimum absolute atomic E-state index is 0.0467. The molecule has 5 nitrogen and oxygen atoms in total. The third-order valence-corrected chi connectivity index (χ3v) is 2.60. The number of nitrogens with zero attached hydrogens (tertiary/aromatic N) is 1. The summed E-state index contributed by atoms with van der Waals surface area (Å²) < 4.78 is 0. The standard InChI is InChI=1S/C11H14N2O3S/c1-7(2)5-9(14)13-11-12-8(6-17-11)3-4-10(15)16/h5-6H,3-4H2,1-2H3,(H,15,16)(H,12,13,14). The van der Waals surface area contributed by atoms with E-state index in [1.807, 2.05) is 13.8 Å². The van der Waals surface area contributed by atoms with E-state index in [4.69, 9.17) is 5.11 Å². The fourth-order valence-corrected chi connectivity index (χ4v) is 1.87. The van der Waals surface area contributed by atoms with E-state index in [1.54, 1.807) is 5.38 Å². The van der Waals surface area contributed by atoms with Gasteiger partial charge in [-0.3, -0.25) is 14.9 Å². The van der Waals surface area contributed by atoms with E-state index in [0.29, 0.717) is 17.2 Å². The average Bonchev–Trinajstić information content (AvgIpc) is 2.61.